The maximum Gasteiger partial charge on any atom is 0.311 e. The number of aliphatic hydroxyl groups excluding tert-OH is 1. The number of nitro benzene ring substituents is 1. The summed E-state index contributed by atoms with van der Waals surface area (Å²) in [5.74, 6) is 1.65. The Balaban J connectivity index is 1.34. The molecule has 2 N–H and O–H groups in total. The van der Waals surface area contributed by atoms with Crippen LogP contribution in [-0.2, 0) is 13.0 Å². The standard InChI is InChI=1S/C25H26N2O6/c1-17(11-19-7-9-24-25(12-19)33-16-32-24)26-14-22(28)20-8-10-23(21(13-20)27(29)30)31-15-18-5-3-2-4-6-18/h2-10,12-13,17,22,26,28H,11,14-16H2,1H3. The van der Waals surface area contributed by atoms with Crippen molar-refractivity contribution in [2.24, 2.45) is 0 Å². The Morgan fingerprint density at radius 3 is 2.64 bits per heavy atom. The van der Waals surface area contributed by atoms with E-state index in [0.717, 1.165) is 29.0 Å². The van der Waals surface area contributed by atoms with E-state index in [2.05, 4.69) is 5.32 Å². The quantitative estimate of drug-likeness (QED) is 0.353. The summed E-state index contributed by atoms with van der Waals surface area (Å²) in [6, 6.07) is 19.9. The minimum atomic E-state index is -0.897. The smallest absolute Gasteiger partial charge is 0.311 e. The molecule has 172 valence electrons. The van der Waals surface area contributed by atoms with E-state index in [0.29, 0.717) is 5.56 Å². The van der Waals surface area contributed by atoms with Crippen molar-refractivity contribution in [3.05, 3.63) is 93.5 Å². The molecule has 2 atom stereocenters. The first-order chi connectivity index (χ1) is 16.0. The van der Waals surface area contributed by atoms with Crippen LogP contribution in [0.4, 0.5) is 5.69 Å². The number of hydrogen-bond donors (Lipinski definition) is 2. The second-order valence-corrected chi connectivity index (χ2v) is 7.98. The van der Waals surface area contributed by atoms with Gasteiger partial charge in [0.2, 0.25) is 6.79 Å². The summed E-state index contributed by atoms with van der Waals surface area (Å²) in [5, 5.41) is 25.5. The fourth-order valence-electron chi connectivity index (χ4n) is 3.67. The Kier molecular flexibility index (Phi) is 7.07. The predicted octanol–water partition coefficient (Wildman–Crippen LogP) is 4.16. The molecule has 0 bridgehead atoms. The van der Waals surface area contributed by atoms with Crippen molar-refractivity contribution in [1.82, 2.24) is 5.32 Å². The van der Waals surface area contributed by atoms with Crippen LogP contribution in [0.5, 0.6) is 17.2 Å². The molecule has 3 aromatic rings. The third-order valence-corrected chi connectivity index (χ3v) is 5.44. The predicted molar refractivity (Wildman–Crippen MR) is 123 cm³/mol. The number of nitro groups is 1. The van der Waals surface area contributed by atoms with E-state index in [-0.39, 0.29) is 37.4 Å². The molecule has 0 fully saturated rings. The Labute approximate surface area is 191 Å². The van der Waals surface area contributed by atoms with Crippen LogP contribution in [-0.4, -0.2) is 29.4 Å². The van der Waals surface area contributed by atoms with Crippen LogP contribution in [0.15, 0.2) is 66.7 Å². The van der Waals surface area contributed by atoms with Crippen LogP contribution in [0, 0.1) is 10.1 Å². The number of nitrogens with zero attached hydrogens (tertiary/aromatic N) is 1. The first-order valence-electron chi connectivity index (χ1n) is 10.7. The highest BCUT2D eigenvalue weighted by molar-refractivity contribution is 5.49. The first-order valence-corrected chi connectivity index (χ1v) is 10.7. The van der Waals surface area contributed by atoms with Gasteiger partial charge in [0.15, 0.2) is 17.2 Å². The van der Waals surface area contributed by atoms with Crippen molar-refractivity contribution >= 4 is 5.69 Å². The number of hydrogen-bond acceptors (Lipinski definition) is 7. The molecule has 1 aliphatic rings. The molecule has 0 aliphatic carbocycles. The van der Waals surface area contributed by atoms with Gasteiger partial charge in [0, 0.05) is 18.7 Å². The molecule has 4 rings (SSSR count). The fourth-order valence-corrected chi connectivity index (χ4v) is 3.67. The number of ether oxygens (including phenoxy) is 3. The lowest BCUT2D eigenvalue weighted by Gasteiger charge is -2.18. The van der Waals surface area contributed by atoms with Gasteiger partial charge in [-0.25, -0.2) is 0 Å². The summed E-state index contributed by atoms with van der Waals surface area (Å²) in [6.45, 7) is 2.73. The molecular formula is C25H26N2O6. The van der Waals surface area contributed by atoms with Crippen LogP contribution in [0.25, 0.3) is 0 Å². The number of rotatable bonds is 10. The monoisotopic (exact) mass is 450 g/mol. The summed E-state index contributed by atoms with van der Waals surface area (Å²) in [7, 11) is 0. The van der Waals surface area contributed by atoms with Crippen molar-refractivity contribution < 1.29 is 24.2 Å². The molecule has 0 amide bonds. The summed E-state index contributed by atoms with van der Waals surface area (Å²) in [5.41, 5.74) is 2.29. The zero-order valence-electron chi connectivity index (χ0n) is 18.3. The van der Waals surface area contributed by atoms with E-state index in [1.165, 1.54) is 12.1 Å². The molecule has 2 unspecified atom stereocenters. The zero-order chi connectivity index (χ0) is 23.2. The van der Waals surface area contributed by atoms with E-state index in [4.69, 9.17) is 14.2 Å². The van der Waals surface area contributed by atoms with Gasteiger partial charge in [-0.2, -0.15) is 0 Å². The maximum absolute atomic E-state index is 11.6. The first kappa shape index (κ1) is 22.6. The van der Waals surface area contributed by atoms with Crippen LogP contribution in [0.1, 0.15) is 29.7 Å². The molecule has 0 aromatic heterocycles. The highest BCUT2D eigenvalue weighted by Gasteiger charge is 2.20. The van der Waals surface area contributed by atoms with Gasteiger partial charge in [0.05, 0.1) is 11.0 Å². The molecule has 8 heteroatoms. The normalized spacial score (nSPS) is 14.0. The Morgan fingerprint density at radius 1 is 1.06 bits per heavy atom. The number of nitrogens with one attached hydrogen (secondary N) is 1. The molecule has 33 heavy (non-hydrogen) atoms. The van der Waals surface area contributed by atoms with Gasteiger partial charge >= 0.3 is 5.69 Å². The summed E-state index contributed by atoms with van der Waals surface area (Å²) in [6.07, 6.45) is -0.165. The molecule has 8 nitrogen and oxygen atoms in total. The Bertz CT molecular complexity index is 1110. The van der Waals surface area contributed by atoms with Crippen LogP contribution >= 0.6 is 0 Å². The number of benzene rings is 3. The maximum atomic E-state index is 11.6. The topological polar surface area (TPSA) is 103 Å². The fraction of sp³-hybridized carbons (Fsp3) is 0.280. The van der Waals surface area contributed by atoms with Gasteiger partial charge in [-0.15, -0.1) is 0 Å². The van der Waals surface area contributed by atoms with Gasteiger partial charge in [-0.3, -0.25) is 10.1 Å². The van der Waals surface area contributed by atoms with E-state index in [1.807, 2.05) is 55.5 Å². The van der Waals surface area contributed by atoms with Gasteiger partial charge < -0.3 is 24.6 Å². The average Bonchev–Trinajstić information content (AvgIpc) is 3.29. The molecule has 1 heterocycles. The largest absolute Gasteiger partial charge is 0.482 e. The average molecular weight is 450 g/mol. The van der Waals surface area contributed by atoms with Crippen LogP contribution < -0.4 is 19.5 Å². The second kappa shape index (κ2) is 10.3. The minimum absolute atomic E-state index is 0.0727. The van der Waals surface area contributed by atoms with Crippen LogP contribution in [0.3, 0.4) is 0 Å². The van der Waals surface area contributed by atoms with Gasteiger partial charge in [-0.1, -0.05) is 42.5 Å². The van der Waals surface area contributed by atoms with Crippen LogP contribution in [0.2, 0.25) is 0 Å². The Morgan fingerprint density at radius 2 is 1.85 bits per heavy atom. The third kappa shape index (κ3) is 5.79. The lowest BCUT2D eigenvalue weighted by Crippen LogP contribution is -2.32. The number of aliphatic hydroxyl groups is 1. The summed E-state index contributed by atoms with van der Waals surface area (Å²) < 4.78 is 16.4. The van der Waals surface area contributed by atoms with E-state index in [9.17, 15) is 15.2 Å². The van der Waals surface area contributed by atoms with Crippen molar-refractivity contribution in [3.8, 4) is 17.2 Å². The van der Waals surface area contributed by atoms with E-state index < -0.39 is 11.0 Å². The number of fused-ring (bicyclic) bond motifs is 1. The minimum Gasteiger partial charge on any atom is -0.482 e. The zero-order valence-corrected chi connectivity index (χ0v) is 18.3. The highest BCUT2D eigenvalue weighted by Crippen LogP contribution is 2.33. The third-order valence-electron chi connectivity index (χ3n) is 5.44. The highest BCUT2D eigenvalue weighted by atomic mass is 16.7. The van der Waals surface area contributed by atoms with Gasteiger partial charge in [0.1, 0.15) is 6.61 Å². The van der Waals surface area contributed by atoms with E-state index >= 15 is 0 Å². The second-order valence-electron chi connectivity index (χ2n) is 7.98. The molecule has 0 saturated carbocycles. The van der Waals surface area contributed by atoms with E-state index in [1.54, 1.807) is 6.07 Å². The molecule has 0 spiro atoms. The Hall–Kier alpha value is -3.62. The van der Waals surface area contributed by atoms with Crippen molar-refractivity contribution in [2.75, 3.05) is 13.3 Å². The van der Waals surface area contributed by atoms with Gasteiger partial charge in [0.25, 0.3) is 0 Å². The molecule has 3 aromatic carbocycles. The lowest BCUT2D eigenvalue weighted by molar-refractivity contribution is -0.386. The molecule has 0 radical (unpaired) electrons. The SMILES string of the molecule is CC(Cc1ccc2c(c1)OCO2)NCC(O)c1ccc(OCc2ccccc2)c([N+](=O)[O-])c1. The van der Waals surface area contributed by atoms with Crippen molar-refractivity contribution in [3.63, 3.8) is 0 Å². The molecular weight excluding hydrogens is 424 g/mol. The molecule has 1 aliphatic heterocycles. The lowest BCUT2D eigenvalue weighted by atomic mass is 10.0. The van der Waals surface area contributed by atoms with Crippen molar-refractivity contribution in [1.29, 1.82) is 0 Å². The molecule has 0 saturated heterocycles. The summed E-state index contributed by atoms with van der Waals surface area (Å²) in [4.78, 5) is 11.1. The summed E-state index contributed by atoms with van der Waals surface area (Å²) >= 11 is 0. The van der Waals surface area contributed by atoms with Crippen molar-refractivity contribution in [2.45, 2.75) is 32.1 Å². The van der Waals surface area contributed by atoms with Gasteiger partial charge in [-0.05, 0) is 48.2 Å².